The zero-order valence-electron chi connectivity index (χ0n) is 6.63. The molecule has 0 saturated heterocycles. The van der Waals surface area contributed by atoms with Gasteiger partial charge < -0.3 is 9.15 Å². The van der Waals surface area contributed by atoms with Gasteiger partial charge in [0.05, 0.1) is 6.61 Å². The smallest absolute Gasteiger partial charge is 0.282 e. The van der Waals surface area contributed by atoms with Gasteiger partial charge in [-0.2, -0.15) is 0 Å². The molecule has 0 N–H and O–H groups in total. The van der Waals surface area contributed by atoms with Crippen LogP contribution in [0.5, 0.6) is 0 Å². The third kappa shape index (κ3) is 1.80. The Labute approximate surface area is 64.9 Å². The van der Waals surface area contributed by atoms with Crippen LogP contribution in [0.1, 0.15) is 18.7 Å². The molecule has 0 saturated carbocycles. The number of hydrogen-bond acceptors (Lipinski definition) is 4. The molecule has 60 valence electrons. The maximum Gasteiger partial charge on any atom is 0.282 e. The lowest BCUT2D eigenvalue weighted by atomic mass is 10.5. The monoisotopic (exact) mass is 154 g/mol. The van der Waals surface area contributed by atoms with E-state index in [4.69, 9.17) is 9.15 Å². The summed E-state index contributed by atoms with van der Waals surface area (Å²) >= 11 is 0. The first-order valence-electron chi connectivity index (χ1n) is 3.36. The summed E-state index contributed by atoms with van der Waals surface area (Å²) in [7, 11) is 0. The third-order valence-electron chi connectivity index (χ3n) is 1.08. The van der Waals surface area contributed by atoms with Gasteiger partial charge in [0.15, 0.2) is 5.76 Å². The minimum atomic E-state index is 0.351. The maximum absolute atomic E-state index is 5.05. The summed E-state index contributed by atoms with van der Waals surface area (Å²) in [4.78, 5) is 0. The summed E-state index contributed by atoms with van der Waals surface area (Å²) in [6, 6.07) is 0. The normalized spacial score (nSPS) is 9.64. The van der Waals surface area contributed by atoms with E-state index in [0.717, 1.165) is 0 Å². The van der Waals surface area contributed by atoms with Crippen molar-refractivity contribution in [2.75, 3.05) is 6.61 Å². The molecule has 4 nitrogen and oxygen atoms in total. The topological polar surface area (TPSA) is 48.2 Å². The predicted molar refractivity (Wildman–Crippen MR) is 39.7 cm³/mol. The van der Waals surface area contributed by atoms with E-state index >= 15 is 0 Å². The Morgan fingerprint density at radius 2 is 2.36 bits per heavy atom. The van der Waals surface area contributed by atoms with Gasteiger partial charge in [0, 0.05) is 6.92 Å². The Hall–Kier alpha value is -1.32. The number of hydrogen-bond donors (Lipinski definition) is 0. The van der Waals surface area contributed by atoms with E-state index in [-0.39, 0.29) is 0 Å². The summed E-state index contributed by atoms with van der Waals surface area (Å²) in [6.07, 6.45) is 0. The molecule has 1 aromatic heterocycles. The summed E-state index contributed by atoms with van der Waals surface area (Å²) in [5, 5.41) is 7.36. The van der Waals surface area contributed by atoms with Crippen molar-refractivity contribution in [1.82, 2.24) is 10.2 Å². The fraction of sp³-hybridized carbons (Fsp3) is 0.429. The van der Waals surface area contributed by atoms with Crippen LogP contribution in [0.25, 0.3) is 5.76 Å². The van der Waals surface area contributed by atoms with Gasteiger partial charge in [-0.1, -0.05) is 6.58 Å². The molecule has 0 unspecified atom stereocenters. The Bertz CT molecular complexity index is 255. The number of aromatic nitrogens is 2. The van der Waals surface area contributed by atoms with Crippen LogP contribution < -0.4 is 0 Å². The Morgan fingerprint density at radius 1 is 1.64 bits per heavy atom. The number of nitrogens with zero attached hydrogens (tertiary/aromatic N) is 2. The molecular formula is C7H10N2O2. The maximum atomic E-state index is 5.05. The van der Waals surface area contributed by atoms with E-state index in [2.05, 4.69) is 16.8 Å². The van der Waals surface area contributed by atoms with Crippen LogP contribution in [0.3, 0.4) is 0 Å². The molecular weight excluding hydrogens is 144 g/mol. The minimum Gasteiger partial charge on any atom is -0.489 e. The lowest BCUT2D eigenvalue weighted by molar-refractivity contribution is 0.284. The van der Waals surface area contributed by atoms with Gasteiger partial charge in [-0.15, -0.1) is 10.2 Å². The van der Waals surface area contributed by atoms with E-state index < -0.39 is 0 Å². The van der Waals surface area contributed by atoms with E-state index in [1.54, 1.807) is 6.92 Å². The van der Waals surface area contributed by atoms with Gasteiger partial charge in [0.2, 0.25) is 5.89 Å². The van der Waals surface area contributed by atoms with Crippen molar-refractivity contribution in [3.05, 3.63) is 18.4 Å². The molecule has 0 radical (unpaired) electrons. The van der Waals surface area contributed by atoms with E-state index in [9.17, 15) is 0 Å². The standard InChI is InChI=1S/C7H10N2O2/c1-4-10-5(2)7-9-8-6(3)11-7/h2,4H2,1,3H3. The number of ether oxygens (including phenoxy) is 1. The lowest BCUT2D eigenvalue weighted by Gasteiger charge is -1.99. The van der Waals surface area contributed by atoms with Crippen molar-refractivity contribution >= 4 is 5.76 Å². The van der Waals surface area contributed by atoms with Crippen LogP contribution in [0, 0.1) is 6.92 Å². The number of aryl methyl sites for hydroxylation is 1. The largest absolute Gasteiger partial charge is 0.489 e. The molecule has 4 heteroatoms. The Morgan fingerprint density at radius 3 is 2.82 bits per heavy atom. The first-order valence-corrected chi connectivity index (χ1v) is 3.36. The van der Waals surface area contributed by atoms with Crippen LogP contribution in [0.2, 0.25) is 0 Å². The molecule has 0 bridgehead atoms. The van der Waals surface area contributed by atoms with Crippen molar-refractivity contribution in [2.45, 2.75) is 13.8 Å². The zero-order chi connectivity index (χ0) is 8.27. The second-order valence-corrected chi connectivity index (χ2v) is 1.98. The SMILES string of the molecule is C=C(OCC)c1nnc(C)o1. The molecule has 1 aromatic rings. The van der Waals surface area contributed by atoms with Gasteiger partial charge >= 0.3 is 0 Å². The highest BCUT2D eigenvalue weighted by molar-refractivity contribution is 5.46. The van der Waals surface area contributed by atoms with Gasteiger partial charge in [-0.05, 0) is 6.92 Å². The second-order valence-electron chi connectivity index (χ2n) is 1.98. The fourth-order valence-electron chi connectivity index (χ4n) is 0.645. The average Bonchev–Trinajstić information content (AvgIpc) is 2.36. The zero-order valence-corrected chi connectivity index (χ0v) is 6.63. The van der Waals surface area contributed by atoms with E-state index in [1.807, 2.05) is 6.92 Å². The quantitative estimate of drug-likeness (QED) is 0.617. The molecule has 0 atom stereocenters. The minimum absolute atomic E-state index is 0.351. The summed E-state index contributed by atoms with van der Waals surface area (Å²) < 4.78 is 10.1. The Kier molecular flexibility index (Phi) is 2.25. The molecule has 0 amide bonds. The van der Waals surface area contributed by atoms with Crippen molar-refractivity contribution in [3.8, 4) is 0 Å². The molecule has 0 aromatic carbocycles. The highest BCUT2D eigenvalue weighted by Crippen LogP contribution is 2.10. The van der Waals surface area contributed by atoms with Gasteiger partial charge in [0.1, 0.15) is 0 Å². The lowest BCUT2D eigenvalue weighted by Crippen LogP contribution is -1.89. The average molecular weight is 154 g/mol. The molecule has 0 aliphatic carbocycles. The van der Waals surface area contributed by atoms with Crippen LogP contribution in [-0.4, -0.2) is 16.8 Å². The molecule has 11 heavy (non-hydrogen) atoms. The fourth-order valence-corrected chi connectivity index (χ4v) is 0.645. The summed E-state index contributed by atoms with van der Waals surface area (Å²) in [6.45, 7) is 7.75. The third-order valence-corrected chi connectivity index (χ3v) is 1.08. The van der Waals surface area contributed by atoms with Crippen LogP contribution in [0.4, 0.5) is 0 Å². The van der Waals surface area contributed by atoms with Crippen molar-refractivity contribution in [1.29, 1.82) is 0 Å². The highest BCUT2D eigenvalue weighted by atomic mass is 16.5. The first kappa shape index (κ1) is 7.78. The van der Waals surface area contributed by atoms with Crippen molar-refractivity contribution in [2.24, 2.45) is 0 Å². The van der Waals surface area contributed by atoms with Crippen molar-refractivity contribution in [3.63, 3.8) is 0 Å². The predicted octanol–water partition coefficient (Wildman–Crippen LogP) is 1.39. The summed E-state index contributed by atoms with van der Waals surface area (Å²) in [5.41, 5.74) is 0. The van der Waals surface area contributed by atoms with Gasteiger partial charge in [0.25, 0.3) is 5.89 Å². The molecule has 1 rings (SSSR count). The molecule has 0 aliphatic rings. The second kappa shape index (κ2) is 3.18. The molecule has 0 aliphatic heterocycles. The van der Waals surface area contributed by atoms with Crippen LogP contribution in [0.15, 0.2) is 11.0 Å². The first-order chi connectivity index (χ1) is 5.24. The van der Waals surface area contributed by atoms with Crippen LogP contribution in [-0.2, 0) is 4.74 Å². The molecule has 0 fully saturated rings. The van der Waals surface area contributed by atoms with Gasteiger partial charge in [-0.3, -0.25) is 0 Å². The van der Waals surface area contributed by atoms with Crippen molar-refractivity contribution < 1.29 is 9.15 Å². The number of rotatable bonds is 3. The molecule has 0 spiro atoms. The van der Waals surface area contributed by atoms with E-state index in [1.165, 1.54) is 0 Å². The van der Waals surface area contributed by atoms with Crippen LogP contribution >= 0.6 is 0 Å². The highest BCUT2D eigenvalue weighted by Gasteiger charge is 2.06. The Balaban J connectivity index is 2.69. The summed E-state index contributed by atoms with van der Waals surface area (Å²) in [5.74, 6) is 1.29. The van der Waals surface area contributed by atoms with E-state index in [0.29, 0.717) is 24.1 Å². The van der Waals surface area contributed by atoms with Gasteiger partial charge in [-0.25, -0.2) is 0 Å². The molecule has 1 heterocycles.